The summed E-state index contributed by atoms with van der Waals surface area (Å²) in [6.07, 6.45) is 3.31. The van der Waals surface area contributed by atoms with Crippen LogP contribution in [0, 0.1) is 19.7 Å². The van der Waals surface area contributed by atoms with Gasteiger partial charge in [-0.05, 0) is 38.1 Å². The van der Waals surface area contributed by atoms with E-state index in [0.717, 1.165) is 5.69 Å². The Labute approximate surface area is 153 Å². The third kappa shape index (κ3) is 2.78. The molecule has 0 saturated heterocycles. The fourth-order valence-electron chi connectivity index (χ4n) is 2.91. The van der Waals surface area contributed by atoms with Gasteiger partial charge in [-0.25, -0.2) is 9.37 Å². The lowest BCUT2D eigenvalue weighted by Crippen LogP contribution is -2.14. The smallest absolute Gasteiger partial charge is 0.257 e. The van der Waals surface area contributed by atoms with E-state index in [4.69, 9.17) is 11.6 Å². The number of carbonyl (C=O) groups is 1. The lowest BCUT2D eigenvalue weighted by Gasteiger charge is -2.10. The molecule has 0 bridgehead atoms. The summed E-state index contributed by atoms with van der Waals surface area (Å²) in [5.41, 5.74) is 2.89. The SMILES string of the molecule is Cc1ccc2c(Cl)ccc(C(=O)Nc3cc(F)c4nc(C)cn4c3)c2n1. The van der Waals surface area contributed by atoms with Gasteiger partial charge in [0.15, 0.2) is 11.5 Å². The van der Waals surface area contributed by atoms with E-state index < -0.39 is 5.82 Å². The second kappa shape index (κ2) is 6.07. The number of aromatic nitrogens is 3. The highest BCUT2D eigenvalue weighted by Crippen LogP contribution is 2.26. The highest BCUT2D eigenvalue weighted by atomic mass is 35.5. The van der Waals surface area contributed by atoms with Crippen LogP contribution in [0.1, 0.15) is 21.7 Å². The Bertz CT molecular complexity index is 1190. The van der Waals surface area contributed by atoms with Gasteiger partial charge in [-0.3, -0.25) is 9.78 Å². The summed E-state index contributed by atoms with van der Waals surface area (Å²) in [6.45, 7) is 3.62. The lowest BCUT2D eigenvalue weighted by molar-refractivity contribution is 0.102. The number of amides is 1. The molecule has 1 amide bonds. The minimum absolute atomic E-state index is 0.217. The zero-order valence-electron chi connectivity index (χ0n) is 14.0. The topological polar surface area (TPSA) is 59.3 Å². The van der Waals surface area contributed by atoms with Crippen molar-refractivity contribution in [1.82, 2.24) is 14.4 Å². The second-order valence-electron chi connectivity index (χ2n) is 6.09. The molecule has 0 aliphatic heterocycles. The molecule has 0 saturated carbocycles. The number of nitrogens with one attached hydrogen (secondary N) is 1. The van der Waals surface area contributed by atoms with Crippen LogP contribution >= 0.6 is 11.6 Å². The minimum atomic E-state index is -0.508. The van der Waals surface area contributed by atoms with E-state index >= 15 is 0 Å². The fourth-order valence-corrected chi connectivity index (χ4v) is 3.12. The van der Waals surface area contributed by atoms with Crippen LogP contribution in [-0.4, -0.2) is 20.3 Å². The molecule has 0 radical (unpaired) electrons. The van der Waals surface area contributed by atoms with Crippen LogP contribution in [0.3, 0.4) is 0 Å². The zero-order chi connectivity index (χ0) is 18.4. The molecule has 3 heterocycles. The van der Waals surface area contributed by atoms with Crippen LogP contribution in [0.25, 0.3) is 16.6 Å². The van der Waals surface area contributed by atoms with E-state index in [9.17, 15) is 9.18 Å². The average molecular weight is 369 g/mol. The Morgan fingerprint density at radius 3 is 2.73 bits per heavy atom. The number of aryl methyl sites for hydroxylation is 2. The number of hydrogen-bond donors (Lipinski definition) is 1. The Balaban J connectivity index is 1.76. The number of fused-ring (bicyclic) bond motifs is 2. The van der Waals surface area contributed by atoms with Crippen molar-refractivity contribution in [3.05, 3.63) is 70.5 Å². The molecular weight excluding hydrogens is 355 g/mol. The molecule has 4 aromatic rings. The molecule has 26 heavy (non-hydrogen) atoms. The Morgan fingerprint density at radius 1 is 1.12 bits per heavy atom. The maximum absolute atomic E-state index is 14.2. The van der Waals surface area contributed by atoms with E-state index in [1.54, 1.807) is 35.9 Å². The van der Waals surface area contributed by atoms with E-state index in [2.05, 4.69) is 15.3 Å². The van der Waals surface area contributed by atoms with E-state index in [0.29, 0.717) is 32.9 Å². The van der Waals surface area contributed by atoms with Gasteiger partial charge < -0.3 is 9.72 Å². The highest BCUT2D eigenvalue weighted by molar-refractivity contribution is 6.36. The number of anilines is 1. The van der Waals surface area contributed by atoms with Gasteiger partial charge in [-0.1, -0.05) is 11.6 Å². The van der Waals surface area contributed by atoms with Crippen molar-refractivity contribution >= 4 is 39.7 Å². The first-order valence-corrected chi connectivity index (χ1v) is 8.32. The normalized spacial score (nSPS) is 11.2. The Hall–Kier alpha value is -2.99. The highest BCUT2D eigenvalue weighted by Gasteiger charge is 2.15. The molecule has 4 rings (SSSR count). The molecule has 7 heteroatoms. The number of benzene rings is 1. The van der Waals surface area contributed by atoms with Gasteiger partial charge >= 0.3 is 0 Å². The number of rotatable bonds is 2. The maximum atomic E-state index is 14.2. The summed E-state index contributed by atoms with van der Waals surface area (Å²) in [7, 11) is 0. The molecule has 1 N–H and O–H groups in total. The third-order valence-electron chi connectivity index (χ3n) is 4.07. The summed E-state index contributed by atoms with van der Waals surface area (Å²) in [4.78, 5) is 21.3. The van der Waals surface area contributed by atoms with Crippen molar-refractivity contribution in [2.75, 3.05) is 5.32 Å². The molecule has 5 nitrogen and oxygen atoms in total. The first kappa shape index (κ1) is 16.5. The standard InChI is InChI=1S/C19H14ClFN4O/c1-10-3-4-13-15(20)6-5-14(17(13)22-10)19(26)24-12-7-16(21)18-23-11(2)8-25(18)9-12/h3-9H,1-2H3,(H,24,26). The monoisotopic (exact) mass is 368 g/mol. The molecule has 0 unspecified atom stereocenters. The third-order valence-corrected chi connectivity index (χ3v) is 4.40. The van der Waals surface area contributed by atoms with Crippen molar-refractivity contribution in [2.45, 2.75) is 13.8 Å². The summed E-state index contributed by atoms with van der Waals surface area (Å²) in [6, 6.07) is 8.18. The van der Waals surface area contributed by atoms with E-state index in [-0.39, 0.29) is 11.6 Å². The summed E-state index contributed by atoms with van der Waals surface area (Å²) >= 11 is 6.20. The quantitative estimate of drug-likeness (QED) is 0.565. The van der Waals surface area contributed by atoms with Gasteiger partial charge in [0, 0.05) is 29.5 Å². The molecule has 0 aliphatic carbocycles. The number of halogens is 2. The van der Waals surface area contributed by atoms with E-state index in [1.807, 2.05) is 19.1 Å². The average Bonchev–Trinajstić information content (AvgIpc) is 2.95. The molecule has 0 spiro atoms. The van der Waals surface area contributed by atoms with Gasteiger partial charge in [0.25, 0.3) is 5.91 Å². The van der Waals surface area contributed by atoms with Crippen molar-refractivity contribution in [1.29, 1.82) is 0 Å². The van der Waals surface area contributed by atoms with Crippen molar-refractivity contribution in [2.24, 2.45) is 0 Å². The van der Waals surface area contributed by atoms with Crippen molar-refractivity contribution in [3.8, 4) is 0 Å². The number of pyridine rings is 2. The maximum Gasteiger partial charge on any atom is 0.257 e. The Morgan fingerprint density at radius 2 is 1.92 bits per heavy atom. The molecule has 130 valence electrons. The van der Waals surface area contributed by atoms with Crippen molar-refractivity contribution in [3.63, 3.8) is 0 Å². The molecule has 0 aliphatic rings. The number of imidazole rings is 1. The first-order valence-electron chi connectivity index (χ1n) is 7.94. The predicted octanol–water partition coefficient (Wildman–Crippen LogP) is 4.54. The molecule has 1 aromatic carbocycles. The number of nitrogens with zero attached hydrogens (tertiary/aromatic N) is 3. The number of carbonyl (C=O) groups excluding carboxylic acids is 1. The zero-order valence-corrected chi connectivity index (χ0v) is 14.8. The van der Waals surface area contributed by atoms with Crippen LogP contribution in [0.4, 0.5) is 10.1 Å². The Kier molecular flexibility index (Phi) is 3.85. The van der Waals surface area contributed by atoms with E-state index in [1.165, 1.54) is 6.07 Å². The van der Waals surface area contributed by atoms with Gasteiger partial charge in [0.1, 0.15) is 0 Å². The van der Waals surface area contributed by atoms with Gasteiger partial charge in [0.05, 0.1) is 27.5 Å². The van der Waals surface area contributed by atoms with Crippen LogP contribution in [0.15, 0.2) is 42.7 Å². The molecule has 0 atom stereocenters. The van der Waals surface area contributed by atoms with Crippen molar-refractivity contribution < 1.29 is 9.18 Å². The minimum Gasteiger partial charge on any atom is -0.320 e. The predicted molar refractivity (Wildman–Crippen MR) is 99.3 cm³/mol. The first-order chi connectivity index (χ1) is 12.4. The fraction of sp³-hybridized carbons (Fsp3) is 0.105. The summed E-state index contributed by atoms with van der Waals surface area (Å²) in [5, 5.41) is 3.93. The summed E-state index contributed by atoms with van der Waals surface area (Å²) in [5.74, 6) is -0.897. The van der Waals surface area contributed by atoms with Crippen LogP contribution in [0.2, 0.25) is 5.02 Å². The molecule has 3 aromatic heterocycles. The largest absolute Gasteiger partial charge is 0.320 e. The molecule has 0 fully saturated rings. The van der Waals surface area contributed by atoms with Gasteiger partial charge in [0.2, 0.25) is 0 Å². The molecular formula is C19H14ClFN4O. The van der Waals surface area contributed by atoms with Crippen LogP contribution in [-0.2, 0) is 0 Å². The lowest BCUT2D eigenvalue weighted by atomic mass is 10.1. The van der Waals surface area contributed by atoms with Crippen LogP contribution in [0.5, 0.6) is 0 Å². The van der Waals surface area contributed by atoms with Gasteiger partial charge in [-0.15, -0.1) is 0 Å². The summed E-state index contributed by atoms with van der Waals surface area (Å²) < 4.78 is 15.8. The van der Waals surface area contributed by atoms with Gasteiger partial charge in [-0.2, -0.15) is 0 Å². The second-order valence-corrected chi connectivity index (χ2v) is 6.49. The number of hydrogen-bond acceptors (Lipinski definition) is 3. The van der Waals surface area contributed by atoms with Crippen LogP contribution < -0.4 is 5.32 Å².